The first-order valence-corrected chi connectivity index (χ1v) is 8.83. The van der Waals surface area contributed by atoms with Gasteiger partial charge in [-0.2, -0.15) is 0 Å². The lowest BCUT2D eigenvalue weighted by molar-refractivity contribution is -0.117. The molecule has 1 fully saturated rings. The molecular formula is C20H19F2N3O. The number of hydrogen-bond acceptors (Lipinski definition) is 2. The van der Waals surface area contributed by atoms with Crippen molar-refractivity contribution in [3.8, 4) is 11.3 Å². The van der Waals surface area contributed by atoms with Crippen LogP contribution in [0.25, 0.3) is 16.9 Å². The molecule has 0 saturated heterocycles. The van der Waals surface area contributed by atoms with Gasteiger partial charge in [0.2, 0.25) is 5.91 Å². The zero-order valence-corrected chi connectivity index (χ0v) is 14.2. The van der Waals surface area contributed by atoms with E-state index in [1.165, 1.54) is 37.2 Å². The van der Waals surface area contributed by atoms with Crippen LogP contribution in [0.15, 0.2) is 42.6 Å². The van der Waals surface area contributed by atoms with E-state index < -0.39 is 5.82 Å². The van der Waals surface area contributed by atoms with E-state index >= 15 is 0 Å². The highest BCUT2D eigenvalue weighted by molar-refractivity contribution is 5.94. The van der Waals surface area contributed by atoms with Gasteiger partial charge in [-0.25, -0.2) is 13.8 Å². The lowest BCUT2D eigenvalue weighted by atomic mass is 10.0. The number of carbonyl (C=O) groups is 1. The Balaban J connectivity index is 1.71. The summed E-state index contributed by atoms with van der Waals surface area (Å²) < 4.78 is 28.6. The van der Waals surface area contributed by atoms with Crippen LogP contribution in [0.4, 0.5) is 14.6 Å². The van der Waals surface area contributed by atoms with Crippen molar-refractivity contribution in [2.24, 2.45) is 5.92 Å². The number of rotatable bonds is 4. The number of hydrogen-bond donors (Lipinski definition) is 1. The third-order valence-corrected chi connectivity index (χ3v) is 4.91. The molecular weight excluding hydrogens is 336 g/mol. The molecule has 6 heteroatoms. The average Bonchev–Trinajstić information content (AvgIpc) is 3.23. The van der Waals surface area contributed by atoms with Crippen molar-refractivity contribution in [1.29, 1.82) is 0 Å². The Labute approximate surface area is 149 Å². The van der Waals surface area contributed by atoms with Gasteiger partial charge < -0.3 is 5.32 Å². The van der Waals surface area contributed by atoms with E-state index in [4.69, 9.17) is 0 Å². The van der Waals surface area contributed by atoms with Crippen molar-refractivity contribution < 1.29 is 13.6 Å². The fourth-order valence-corrected chi connectivity index (χ4v) is 3.65. The molecule has 2 aromatic heterocycles. The number of imidazole rings is 1. The van der Waals surface area contributed by atoms with Crippen molar-refractivity contribution in [1.82, 2.24) is 9.38 Å². The van der Waals surface area contributed by atoms with E-state index in [1.54, 1.807) is 22.6 Å². The van der Waals surface area contributed by atoms with Crippen molar-refractivity contribution in [3.63, 3.8) is 0 Å². The minimum atomic E-state index is -0.415. The van der Waals surface area contributed by atoms with E-state index in [9.17, 15) is 13.6 Å². The highest BCUT2D eigenvalue weighted by Crippen LogP contribution is 2.31. The largest absolute Gasteiger partial charge is 0.309 e. The van der Waals surface area contributed by atoms with Crippen LogP contribution < -0.4 is 5.32 Å². The van der Waals surface area contributed by atoms with Crippen LogP contribution in [0, 0.1) is 17.6 Å². The molecule has 1 aliphatic carbocycles. The van der Waals surface area contributed by atoms with Gasteiger partial charge >= 0.3 is 0 Å². The normalized spacial score (nSPS) is 14.8. The molecule has 0 aliphatic heterocycles. The Morgan fingerprint density at radius 1 is 1.08 bits per heavy atom. The fraction of sp³-hybridized carbons (Fsp3) is 0.300. The standard InChI is InChI=1S/C20H19F2N3O/c21-15-7-5-14(6-8-15)19-20(23-17-10-9-16(22)12-25(17)19)24-18(26)11-13-3-1-2-4-13/h5-10,12-13H,1-4,11H2,(H,24,26). The summed E-state index contributed by atoms with van der Waals surface area (Å²) in [6, 6.07) is 8.72. The Morgan fingerprint density at radius 3 is 2.50 bits per heavy atom. The number of anilines is 1. The Hall–Kier alpha value is -2.76. The van der Waals surface area contributed by atoms with Gasteiger partial charge in [0.15, 0.2) is 5.82 Å². The number of benzene rings is 1. The highest BCUT2D eigenvalue weighted by atomic mass is 19.1. The Morgan fingerprint density at radius 2 is 1.77 bits per heavy atom. The van der Waals surface area contributed by atoms with Gasteiger partial charge in [0.1, 0.15) is 17.3 Å². The van der Waals surface area contributed by atoms with Gasteiger partial charge in [0.25, 0.3) is 0 Å². The lowest BCUT2D eigenvalue weighted by Gasteiger charge is -2.10. The number of halogens is 2. The maximum Gasteiger partial charge on any atom is 0.225 e. The summed E-state index contributed by atoms with van der Waals surface area (Å²) >= 11 is 0. The topological polar surface area (TPSA) is 46.4 Å². The van der Waals surface area contributed by atoms with Crippen molar-refractivity contribution >= 4 is 17.4 Å². The van der Waals surface area contributed by atoms with Crippen LogP contribution in [0.1, 0.15) is 32.1 Å². The van der Waals surface area contributed by atoms with Crippen LogP contribution in [-0.2, 0) is 4.79 Å². The summed E-state index contributed by atoms with van der Waals surface area (Å²) in [4.78, 5) is 16.9. The van der Waals surface area contributed by atoms with Crippen LogP contribution in [-0.4, -0.2) is 15.3 Å². The molecule has 1 aliphatic rings. The second-order valence-electron chi connectivity index (χ2n) is 6.79. The molecule has 4 nitrogen and oxygen atoms in total. The van der Waals surface area contributed by atoms with E-state index in [-0.39, 0.29) is 11.7 Å². The molecule has 0 bridgehead atoms. The fourth-order valence-electron chi connectivity index (χ4n) is 3.65. The monoisotopic (exact) mass is 355 g/mol. The van der Waals surface area contributed by atoms with Crippen LogP contribution in [0.5, 0.6) is 0 Å². The predicted molar refractivity (Wildman–Crippen MR) is 95.7 cm³/mol. The molecule has 1 amide bonds. The van der Waals surface area contributed by atoms with Crippen LogP contribution in [0.2, 0.25) is 0 Å². The predicted octanol–water partition coefficient (Wildman–Crippen LogP) is 4.80. The maximum atomic E-state index is 13.7. The first-order chi connectivity index (χ1) is 12.6. The molecule has 0 radical (unpaired) electrons. The first-order valence-electron chi connectivity index (χ1n) is 8.83. The number of fused-ring (bicyclic) bond motifs is 1. The maximum absolute atomic E-state index is 13.7. The van der Waals surface area contributed by atoms with E-state index in [0.29, 0.717) is 35.1 Å². The number of carbonyl (C=O) groups excluding carboxylic acids is 1. The zero-order valence-electron chi connectivity index (χ0n) is 14.2. The molecule has 0 atom stereocenters. The van der Waals surface area contributed by atoms with Crippen molar-refractivity contribution in [2.45, 2.75) is 32.1 Å². The average molecular weight is 355 g/mol. The third kappa shape index (κ3) is 3.31. The van der Waals surface area contributed by atoms with Gasteiger partial charge in [-0.1, -0.05) is 12.8 Å². The van der Waals surface area contributed by atoms with Gasteiger partial charge in [-0.3, -0.25) is 9.20 Å². The van der Waals surface area contributed by atoms with E-state index in [2.05, 4.69) is 10.3 Å². The molecule has 2 heterocycles. The minimum Gasteiger partial charge on any atom is -0.309 e. The summed E-state index contributed by atoms with van der Waals surface area (Å²) in [5.41, 5.74) is 1.71. The summed E-state index contributed by atoms with van der Waals surface area (Å²) in [5, 5.41) is 2.87. The number of pyridine rings is 1. The summed E-state index contributed by atoms with van der Waals surface area (Å²) in [6.45, 7) is 0. The van der Waals surface area contributed by atoms with E-state index in [1.807, 2.05) is 0 Å². The lowest BCUT2D eigenvalue weighted by Crippen LogP contribution is -2.16. The summed E-state index contributed by atoms with van der Waals surface area (Å²) in [7, 11) is 0. The quantitative estimate of drug-likeness (QED) is 0.731. The van der Waals surface area contributed by atoms with E-state index in [0.717, 1.165) is 12.8 Å². The van der Waals surface area contributed by atoms with Gasteiger partial charge in [0.05, 0.1) is 5.69 Å². The molecule has 1 aromatic carbocycles. The number of nitrogens with one attached hydrogen (secondary N) is 1. The molecule has 0 unspecified atom stereocenters. The zero-order chi connectivity index (χ0) is 18.1. The SMILES string of the molecule is O=C(CC1CCCC1)Nc1nc2ccc(F)cn2c1-c1ccc(F)cc1. The number of amides is 1. The Kier molecular flexibility index (Phi) is 4.41. The highest BCUT2D eigenvalue weighted by Gasteiger charge is 2.21. The molecule has 3 aromatic rings. The van der Waals surface area contributed by atoms with Crippen LogP contribution in [0.3, 0.4) is 0 Å². The van der Waals surface area contributed by atoms with Gasteiger partial charge in [0, 0.05) is 18.2 Å². The molecule has 134 valence electrons. The smallest absolute Gasteiger partial charge is 0.225 e. The molecule has 1 N–H and O–H groups in total. The number of aromatic nitrogens is 2. The number of nitrogens with zero attached hydrogens (tertiary/aromatic N) is 2. The van der Waals surface area contributed by atoms with Crippen molar-refractivity contribution in [3.05, 3.63) is 54.2 Å². The molecule has 26 heavy (non-hydrogen) atoms. The summed E-state index contributed by atoms with van der Waals surface area (Å²) in [6.07, 6.45) is 6.28. The van der Waals surface area contributed by atoms with Gasteiger partial charge in [-0.15, -0.1) is 0 Å². The van der Waals surface area contributed by atoms with Crippen LogP contribution >= 0.6 is 0 Å². The first kappa shape index (κ1) is 16.7. The summed E-state index contributed by atoms with van der Waals surface area (Å²) in [5.74, 6) is -0.0873. The van der Waals surface area contributed by atoms with Gasteiger partial charge in [-0.05, 0) is 55.2 Å². The molecule has 4 rings (SSSR count). The molecule has 0 spiro atoms. The molecule has 1 saturated carbocycles. The second-order valence-corrected chi connectivity index (χ2v) is 6.79. The Bertz CT molecular complexity index is 944. The third-order valence-electron chi connectivity index (χ3n) is 4.91. The second kappa shape index (κ2) is 6.86. The van der Waals surface area contributed by atoms with Crippen molar-refractivity contribution in [2.75, 3.05) is 5.32 Å². The minimum absolute atomic E-state index is 0.0934.